The Morgan fingerprint density at radius 1 is 1.56 bits per heavy atom. The Labute approximate surface area is 112 Å². The molecule has 1 atom stereocenters. The summed E-state index contributed by atoms with van der Waals surface area (Å²) in [4.78, 5) is 2.23. The number of halogens is 1. The number of ether oxygens (including phenoxy) is 1. The lowest BCUT2D eigenvalue weighted by atomic mass is 10.1. The van der Waals surface area contributed by atoms with Crippen molar-refractivity contribution in [1.29, 1.82) is 0 Å². The molecule has 2 N–H and O–H groups in total. The molecule has 0 aliphatic carbocycles. The van der Waals surface area contributed by atoms with E-state index in [-0.39, 0.29) is 16.9 Å². The lowest BCUT2D eigenvalue weighted by molar-refractivity contribution is 0.0820. The Hall–Kier alpha value is -1.20. The first-order valence-electron chi connectivity index (χ1n) is 6.04. The Morgan fingerprint density at radius 2 is 2.33 bits per heavy atom. The molecule has 1 aromatic rings. The Balaban J connectivity index is 2.24. The monoisotopic (exact) mass is 268 g/mol. The molecule has 0 amide bonds. The molecule has 2 rings (SSSR count). The topological polar surface area (TPSA) is 38.5 Å². The lowest BCUT2D eigenvalue weighted by Gasteiger charge is -2.25. The van der Waals surface area contributed by atoms with E-state index in [4.69, 9.17) is 22.7 Å². The van der Waals surface area contributed by atoms with Crippen LogP contribution in [0.15, 0.2) is 18.2 Å². The molecule has 0 spiro atoms. The van der Waals surface area contributed by atoms with Crippen molar-refractivity contribution in [1.82, 2.24) is 0 Å². The van der Waals surface area contributed by atoms with E-state index in [0.717, 1.165) is 19.6 Å². The van der Waals surface area contributed by atoms with Crippen LogP contribution in [0.1, 0.15) is 18.9 Å². The van der Waals surface area contributed by atoms with Crippen molar-refractivity contribution in [2.45, 2.75) is 19.4 Å². The van der Waals surface area contributed by atoms with Crippen LogP contribution in [0, 0.1) is 5.82 Å². The molecule has 3 nitrogen and oxygen atoms in total. The summed E-state index contributed by atoms with van der Waals surface area (Å²) in [5, 5.41) is 0. The van der Waals surface area contributed by atoms with Gasteiger partial charge in [0.25, 0.3) is 0 Å². The van der Waals surface area contributed by atoms with E-state index in [1.807, 2.05) is 11.8 Å². The summed E-state index contributed by atoms with van der Waals surface area (Å²) >= 11 is 4.84. The van der Waals surface area contributed by atoms with Gasteiger partial charge in [0, 0.05) is 25.3 Å². The molecule has 1 unspecified atom stereocenters. The fourth-order valence-electron chi connectivity index (χ4n) is 2.13. The fourth-order valence-corrected chi connectivity index (χ4v) is 2.26. The van der Waals surface area contributed by atoms with E-state index in [1.54, 1.807) is 12.1 Å². The zero-order valence-corrected chi connectivity index (χ0v) is 11.2. The second-order valence-corrected chi connectivity index (χ2v) is 4.95. The van der Waals surface area contributed by atoms with Crippen LogP contribution in [-0.2, 0) is 4.74 Å². The number of hydrogen-bond donors (Lipinski definition) is 1. The van der Waals surface area contributed by atoms with E-state index < -0.39 is 0 Å². The highest BCUT2D eigenvalue weighted by Gasteiger charge is 2.18. The summed E-state index contributed by atoms with van der Waals surface area (Å²) in [7, 11) is 0. The first-order valence-corrected chi connectivity index (χ1v) is 6.44. The summed E-state index contributed by atoms with van der Waals surface area (Å²) in [5.74, 6) is -0.283. The van der Waals surface area contributed by atoms with Gasteiger partial charge in [0.1, 0.15) is 10.8 Å². The maximum Gasteiger partial charge on any atom is 0.147 e. The van der Waals surface area contributed by atoms with Gasteiger partial charge in [0.15, 0.2) is 0 Å². The van der Waals surface area contributed by atoms with Gasteiger partial charge in [-0.1, -0.05) is 12.2 Å². The summed E-state index contributed by atoms with van der Waals surface area (Å²) in [6.45, 7) is 4.22. The van der Waals surface area contributed by atoms with Crippen molar-refractivity contribution >= 4 is 22.9 Å². The maximum absolute atomic E-state index is 14.1. The van der Waals surface area contributed by atoms with Crippen molar-refractivity contribution in [2.75, 3.05) is 24.6 Å². The van der Waals surface area contributed by atoms with Crippen molar-refractivity contribution in [3.8, 4) is 0 Å². The maximum atomic E-state index is 14.1. The van der Waals surface area contributed by atoms with Crippen LogP contribution in [0.5, 0.6) is 0 Å². The van der Waals surface area contributed by atoms with E-state index in [1.165, 1.54) is 6.07 Å². The van der Waals surface area contributed by atoms with Gasteiger partial charge in [0.05, 0.1) is 11.8 Å². The molecule has 0 bridgehead atoms. The molecule has 1 fully saturated rings. The van der Waals surface area contributed by atoms with Crippen LogP contribution in [0.3, 0.4) is 0 Å². The van der Waals surface area contributed by atoms with E-state index in [0.29, 0.717) is 17.8 Å². The summed E-state index contributed by atoms with van der Waals surface area (Å²) in [6.07, 6.45) is 1.02. The predicted octanol–water partition coefficient (Wildman–Crippen LogP) is 2.08. The molecular weight excluding hydrogens is 251 g/mol. The number of anilines is 1. The van der Waals surface area contributed by atoms with Crippen molar-refractivity contribution < 1.29 is 9.13 Å². The molecule has 0 aromatic heterocycles. The quantitative estimate of drug-likeness (QED) is 0.833. The fraction of sp³-hybridized carbons (Fsp3) is 0.462. The molecule has 98 valence electrons. The lowest BCUT2D eigenvalue weighted by Crippen LogP contribution is -2.30. The number of rotatable bonds is 2. The smallest absolute Gasteiger partial charge is 0.147 e. The summed E-state index contributed by atoms with van der Waals surface area (Å²) < 4.78 is 19.6. The highest BCUT2D eigenvalue weighted by Crippen LogP contribution is 2.22. The Morgan fingerprint density at radius 3 is 3.00 bits per heavy atom. The van der Waals surface area contributed by atoms with Crippen molar-refractivity contribution in [2.24, 2.45) is 5.73 Å². The van der Waals surface area contributed by atoms with Gasteiger partial charge in [-0.05, 0) is 31.5 Å². The van der Waals surface area contributed by atoms with Crippen LogP contribution in [0.25, 0.3) is 0 Å². The first-order chi connectivity index (χ1) is 8.58. The number of nitrogens with two attached hydrogens (primary N) is 1. The molecule has 1 heterocycles. The minimum Gasteiger partial charge on any atom is -0.389 e. The third-order valence-corrected chi connectivity index (χ3v) is 3.26. The van der Waals surface area contributed by atoms with E-state index in [2.05, 4.69) is 0 Å². The highest BCUT2D eigenvalue weighted by molar-refractivity contribution is 7.80. The van der Waals surface area contributed by atoms with Crippen LogP contribution in [-0.4, -0.2) is 30.8 Å². The molecule has 18 heavy (non-hydrogen) atoms. The molecule has 1 saturated heterocycles. The van der Waals surface area contributed by atoms with Gasteiger partial charge in [-0.2, -0.15) is 0 Å². The number of thiocarbonyl (C=S) groups is 1. The molecular formula is C13H17FN2OS. The second-order valence-electron chi connectivity index (χ2n) is 4.51. The third-order valence-electron chi connectivity index (χ3n) is 3.03. The number of hydrogen-bond acceptors (Lipinski definition) is 3. The average molecular weight is 268 g/mol. The standard InChI is InChI=1S/C13H17FN2OS/c1-9-8-16(5-2-6-17-9)12-4-3-10(13(15)18)7-11(12)14/h3-4,7,9H,2,5-6,8H2,1H3,(H2,15,18). The zero-order valence-electron chi connectivity index (χ0n) is 10.4. The normalized spacial score (nSPS) is 20.6. The molecule has 0 radical (unpaired) electrons. The highest BCUT2D eigenvalue weighted by atomic mass is 32.1. The Kier molecular flexibility index (Phi) is 4.14. The van der Waals surface area contributed by atoms with Crippen molar-refractivity contribution in [3.05, 3.63) is 29.6 Å². The van der Waals surface area contributed by atoms with Gasteiger partial charge in [-0.15, -0.1) is 0 Å². The van der Waals surface area contributed by atoms with Gasteiger partial charge in [0.2, 0.25) is 0 Å². The van der Waals surface area contributed by atoms with E-state index >= 15 is 0 Å². The minimum absolute atomic E-state index is 0.113. The van der Waals surface area contributed by atoms with Crippen LogP contribution < -0.4 is 10.6 Å². The Bertz CT molecular complexity index is 453. The van der Waals surface area contributed by atoms with Crippen LogP contribution in [0.4, 0.5) is 10.1 Å². The van der Waals surface area contributed by atoms with Crippen LogP contribution >= 0.6 is 12.2 Å². The largest absolute Gasteiger partial charge is 0.389 e. The third kappa shape index (κ3) is 2.97. The van der Waals surface area contributed by atoms with E-state index in [9.17, 15) is 4.39 Å². The zero-order chi connectivity index (χ0) is 13.1. The molecule has 1 aliphatic rings. The molecule has 0 saturated carbocycles. The summed E-state index contributed by atoms with van der Waals surface area (Å²) in [6, 6.07) is 4.90. The second kappa shape index (κ2) is 5.63. The van der Waals surface area contributed by atoms with Gasteiger partial charge in [-0.25, -0.2) is 4.39 Å². The molecule has 5 heteroatoms. The number of benzene rings is 1. The SMILES string of the molecule is CC1CN(c2ccc(C(N)=S)cc2F)CCCO1. The van der Waals surface area contributed by atoms with Gasteiger partial charge >= 0.3 is 0 Å². The minimum atomic E-state index is -0.283. The molecule has 1 aliphatic heterocycles. The van der Waals surface area contributed by atoms with Crippen LogP contribution in [0.2, 0.25) is 0 Å². The van der Waals surface area contributed by atoms with Gasteiger partial charge < -0.3 is 15.4 Å². The van der Waals surface area contributed by atoms with Gasteiger partial charge in [-0.3, -0.25) is 0 Å². The summed E-state index contributed by atoms with van der Waals surface area (Å²) in [5.41, 5.74) is 6.64. The predicted molar refractivity (Wildman–Crippen MR) is 74.5 cm³/mol. The van der Waals surface area contributed by atoms with Crippen molar-refractivity contribution in [3.63, 3.8) is 0 Å². The average Bonchev–Trinajstić information content (AvgIpc) is 2.53. The molecule has 1 aromatic carbocycles. The number of nitrogens with zero attached hydrogens (tertiary/aromatic N) is 1. The first kappa shape index (κ1) is 13.2.